The molecule has 0 aliphatic carbocycles. The second-order valence-electron chi connectivity index (χ2n) is 3.65. The van der Waals surface area contributed by atoms with Crippen molar-refractivity contribution in [2.45, 2.75) is 25.8 Å². The van der Waals surface area contributed by atoms with Gasteiger partial charge in [0, 0.05) is 6.42 Å². The van der Waals surface area contributed by atoms with E-state index in [2.05, 4.69) is 6.92 Å². The third kappa shape index (κ3) is 3.90. The van der Waals surface area contributed by atoms with Gasteiger partial charge in [-0.3, -0.25) is 4.79 Å². The minimum Gasteiger partial charge on any atom is -0.494 e. The summed E-state index contributed by atoms with van der Waals surface area (Å²) < 4.78 is 5.48. The molecule has 0 radical (unpaired) electrons. The predicted molar refractivity (Wildman–Crippen MR) is 63.1 cm³/mol. The van der Waals surface area contributed by atoms with E-state index in [1.54, 1.807) is 0 Å². The Morgan fingerprint density at radius 1 is 1.50 bits per heavy atom. The maximum absolute atomic E-state index is 10.7. The number of nitrogens with two attached hydrogens (primary N) is 2. The molecule has 1 amide bonds. The summed E-state index contributed by atoms with van der Waals surface area (Å²) in [5, 5.41) is 0. The predicted octanol–water partition coefficient (Wildman–Crippen LogP) is 0.831. The van der Waals surface area contributed by atoms with Crippen molar-refractivity contribution in [3.8, 4) is 5.75 Å². The van der Waals surface area contributed by atoms with Crippen molar-refractivity contribution in [3.05, 3.63) is 29.8 Å². The molecule has 4 N–H and O–H groups in total. The molecule has 1 rings (SSSR count). The first-order valence-corrected chi connectivity index (χ1v) is 5.40. The lowest BCUT2D eigenvalue weighted by atomic mass is 10.2. The Labute approximate surface area is 95.6 Å². The van der Waals surface area contributed by atoms with Crippen molar-refractivity contribution in [2.75, 3.05) is 6.61 Å². The van der Waals surface area contributed by atoms with Gasteiger partial charge in [-0.05, 0) is 24.1 Å². The first-order chi connectivity index (χ1) is 7.63. The molecule has 0 heterocycles. The van der Waals surface area contributed by atoms with Crippen LogP contribution < -0.4 is 16.2 Å². The summed E-state index contributed by atoms with van der Waals surface area (Å²) in [6.45, 7) is 2.49. The third-order valence-corrected chi connectivity index (χ3v) is 2.37. The average Bonchev–Trinajstić information content (AvgIpc) is 2.29. The molecule has 0 saturated heterocycles. The van der Waals surface area contributed by atoms with Crippen LogP contribution in [0.4, 0.5) is 0 Å². The molecule has 0 saturated carbocycles. The molecule has 1 unspecified atom stereocenters. The molecule has 0 aliphatic heterocycles. The normalized spacial score (nSPS) is 12.1. The number of aryl methyl sites for hydroxylation is 1. The van der Waals surface area contributed by atoms with Gasteiger partial charge in [0.2, 0.25) is 5.91 Å². The van der Waals surface area contributed by atoms with Crippen molar-refractivity contribution < 1.29 is 9.53 Å². The molecule has 0 fully saturated rings. The Morgan fingerprint density at radius 2 is 2.25 bits per heavy atom. The molecule has 0 spiro atoms. The standard InChI is InChI=1S/C12H18N2O2/c1-2-9-4-3-5-10(8-9)16-7-6-11(13)12(14)15/h3-5,8,11H,2,6-7,13H2,1H3,(H2,14,15). The lowest BCUT2D eigenvalue weighted by Crippen LogP contribution is -2.37. The molecule has 0 aliphatic rings. The Morgan fingerprint density at radius 3 is 2.88 bits per heavy atom. The molecule has 1 aromatic rings. The zero-order valence-electron chi connectivity index (χ0n) is 9.48. The van der Waals surface area contributed by atoms with E-state index in [4.69, 9.17) is 16.2 Å². The molecule has 0 bridgehead atoms. The van der Waals surface area contributed by atoms with Gasteiger partial charge in [-0.15, -0.1) is 0 Å². The van der Waals surface area contributed by atoms with Crippen LogP contribution in [0.1, 0.15) is 18.9 Å². The van der Waals surface area contributed by atoms with Gasteiger partial charge in [-0.25, -0.2) is 0 Å². The van der Waals surface area contributed by atoms with E-state index >= 15 is 0 Å². The third-order valence-electron chi connectivity index (χ3n) is 2.37. The van der Waals surface area contributed by atoms with Crippen LogP contribution in [-0.4, -0.2) is 18.6 Å². The summed E-state index contributed by atoms with van der Waals surface area (Å²) in [4.78, 5) is 10.7. The quantitative estimate of drug-likeness (QED) is 0.748. The Kier molecular flexibility index (Phi) is 4.79. The first kappa shape index (κ1) is 12.5. The number of carbonyl (C=O) groups is 1. The fourth-order valence-corrected chi connectivity index (χ4v) is 1.30. The summed E-state index contributed by atoms with van der Waals surface area (Å²) in [5.41, 5.74) is 11.7. The van der Waals surface area contributed by atoms with Crippen LogP contribution in [0.2, 0.25) is 0 Å². The zero-order chi connectivity index (χ0) is 12.0. The Bertz CT molecular complexity index is 353. The van der Waals surface area contributed by atoms with Gasteiger partial charge in [0.25, 0.3) is 0 Å². The zero-order valence-corrected chi connectivity index (χ0v) is 9.48. The molecule has 4 nitrogen and oxygen atoms in total. The monoisotopic (exact) mass is 222 g/mol. The summed E-state index contributed by atoms with van der Waals surface area (Å²) in [7, 11) is 0. The molecular weight excluding hydrogens is 204 g/mol. The van der Waals surface area contributed by atoms with E-state index in [-0.39, 0.29) is 0 Å². The second-order valence-corrected chi connectivity index (χ2v) is 3.65. The van der Waals surface area contributed by atoms with Crippen LogP contribution in [-0.2, 0) is 11.2 Å². The Hall–Kier alpha value is -1.55. The van der Waals surface area contributed by atoms with E-state index in [0.29, 0.717) is 13.0 Å². The van der Waals surface area contributed by atoms with Crippen molar-refractivity contribution in [1.29, 1.82) is 0 Å². The number of benzene rings is 1. The van der Waals surface area contributed by atoms with Crippen LogP contribution in [0.3, 0.4) is 0 Å². The number of carbonyl (C=O) groups excluding carboxylic acids is 1. The lowest BCUT2D eigenvalue weighted by molar-refractivity contribution is -0.119. The number of hydrogen-bond donors (Lipinski definition) is 2. The first-order valence-electron chi connectivity index (χ1n) is 5.40. The number of primary amides is 1. The molecule has 1 atom stereocenters. The van der Waals surface area contributed by atoms with Crippen molar-refractivity contribution in [3.63, 3.8) is 0 Å². The van der Waals surface area contributed by atoms with Crippen LogP contribution in [0, 0.1) is 0 Å². The van der Waals surface area contributed by atoms with Crippen LogP contribution >= 0.6 is 0 Å². The van der Waals surface area contributed by atoms with Crippen LogP contribution in [0.5, 0.6) is 5.75 Å². The molecule has 0 aromatic heterocycles. The van der Waals surface area contributed by atoms with E-state index in [0.717, 1.165) is 12.2 Å². The summed E-state index contributed by atoms with van der Waals surface area (Å²) in [6, 6.07) is 7.23. The summed E-state index contributed by atoms with van der Waals surface area (Å²) in [5.74, 6) is 0.307. The van der Waals surface area contributed by atoms with Crippen LogP contribution in [0.15, 0.2) is 24.3 Å². The molecule has 1 aromatic carbocycles. The van der Waals surface area contributed by atoms with Gasteiger partial charge in [-0.1, -0.05) is 19.1 Å². The minimum absolute atomic E-state index is 0.400. The lowest BCUT2D eigenvalue weighted by Gasteiger charge is -2.09. The molecule has 88 valence electrons. The Balaban J connectivity index is 2.39. The smallest absolute Gasteiger partial charge is 0.234 e. The molecule has 16 heavy (non-hydrogen) atoms. The fraction of sp³-hybridized carbons (Fsp3) is 0.417. The molecular formula is C12H18N2O2. The van der Waals surface area contributed by atoms with E-state index in [1.165, 1.54) is 5.56 Å². The summed E-state index contributed by atoms with van der Waals surface area (Å²) >= 11 is 0. The SMILES string of the molecule is CCc1cccc(OCCC(N)C(N)=O)c1. The highest BCUT2D eigenvalue weighted by Gasteiger charge is 2.08. The number of amides is 1. The number of hydrogen-bond acceptors (Lipinski definition) is 3. The van der Waals surface area contributed by atoms with Gasteiger partial charge < -0.3 is 16.2 Å². The topological polar surface area (TPSA) is 78.3 Å². The van der Waals surface area contributed by atoms with Gasteiger partial charge >= 0.3 is 0 Å². The van der Waals surface area contributed by atoms with Crippen molar-refractivity contribution in [2.24, 2.45) is 11.5 Å². The number of ether oxygens (including phenoxy) is 1. The van der Waals surface area contributed by atoms with E-state index in [9.17, 15) is 4.79 Å². The minimum atomic E-state index is -0.630. The highest BCUT2D eigenvalue weighted by Crippen LogP contribution is 2.13. The second kappa shape index (κ2) is 6.12. The van der Waals surface area contributed by atoms with Crippen molar-refractivity contribution >= 4 is 5.91 Å². The maximum atomic E-state index is 10.7. The molecule has 4 heteroatoms. The average molecular weight is 222 g/mol. The largest absolute Gasteiger partial charge is 0.494 e. The van der Waals surface area contributed by atoms with Crippen molar-refractivity contribution in [1.82, 2.24) is 0 Å². The van der Waals surface area contributed by atoms with Gasteiger partial charge in [0.15, 0.2) is 0 Å². The number of rotatable bonds is 6. The van der Waals surface area contributed by atoms with Gasteiger partial charge in [-0.2, -0.15) is 0 Å². The highest BCUT2D eigenvalue weighted by molar-refractivity contribution is 5.79. The van der Waals surface area contributed by atoms with Gasteiger partial charge in [0.05, 0.1) is 12.6 Å². The van der Waals surface area contributed by atoms with Crippen LogP contribution in [0.25, 0.3) is 0 Å². The van der Waals surface area contributed by atoms with Gasteiger partial charge in [0.1, 0.15) is 5.75 Å². The van der Waals surface area contributed by atoms with E-state index < -0.39 is 11.9 Å². The maximum Gasteiger partial charge on any atom is 0.234 e. The fourth-order valence-electron chi connectivity index (χ4n) is 1.30. The summed E-state index contributed by atoms with van der Waals surface area (Å²) in [6.07, 6.45) is 1.41. The van der Waals surface area contributed by atoms with E-state index in [1.807, 2.05) is 24.3 Å². The highest BCUT2D eigenvalue weighted by atomic mass is 16.5.